The summed E-state index contributed by atoms with van der Waals surface area (Å²) < 4.78 is 5.48. The lowest BCUT2D eigenvalue weighted by Gasteiger charge is -2.18. The van der Waals surface area contributed by atoms with Crippen molar-refractivity contribution in [1.82, 2.24) is 10.3 Å². The van der Waals surface area contributed by atoms with Crippen LogP contribution in [0, 0.1) is 0 Å². The third-order valence-corrected chi connectivity index (χ3v) is 5.47. The zero-order chi connectivity index (χ0) is 14.8. The number of thiazole rings is 1. The molecule has 1 aromatic carbocycles. The summed E-state index contributed by atoms with van der Waals surface area (Å²) in [4.78, 5) is 6.29. The molecule has 21 heavy (non-hydrogen) atoms. The zero-order valence-electron chi connectivity index (χ0n) is 12.3. The van der Waals surface area contributed by atoms with Crippen LogP contribution in [0.1, 0.15) is 40.0 Å². The summed E-state index contributed by atoms with van der Waals surface area (Å²) in [5.74, 6) is 0.801. The second kappa shape index (κ2) is 6.34. The highest BCUT2D eigenvalue weighted by atomic mass is 35.5. The Hall–Kier alpha value is -1.10. The van der Waals surface area contributed by atoms with Gasteiger partial charge in [0.25, 0.3) is 0 Å². The molecule has 0 spiro atoms. The molecule has 0 aliphatic heterocycles. The Bertz CT molecular complexity index is 618. The van der Waals surface area contributed by atoms with E-state index in [-0.39, 0.29) is 6.04 Å². The van der Waals surface area contributed by atoms with E-state index in [1.54, 1.807) is 18.4 Å². The van der Waals surface area contributed by atoms with E-state index in [4.69, 9.17) is 21.3 Å². The Labute approximate surface area is 134 Å². The van der Waals surface area contributed by atoms with E-state index in [1.807, 2.05) is 25.2 Å². The largest absolute Gasteiger partial charge is 0.496 e. The van der Waals surface area contributed by atoms with Gasteiger partial charge >= 0.3 is 0 Å². The number of hydrogen-bond donors (Lipinski definition) is 1. The number of nitrogens with zero attached hydrogens (tertiary/aromatic N) is 1. The predicted octanol–water partition coefficient (Wildman–Crippen LogP) is 3.99. The third-order valence-electron chi connectivity index (χ3n) is 3.92. The molecule has 0 amide bonds. The maximum Gasteiger partial charge on any atom is 0.125 e. The molecule has 0 radical (unpaired) electrons. The van der Waals surface area contributed by atoms with Crippen molar-refractivity contribution in [3.05, 3.63) is 44.4 Å². The van der Waals surface area contributed by atoms with Crippen LogP contribution < -0.4 is 10.1 Å². The molecule has 5 heteroatoms. The van der Waals surface area contributed by atoms with Gasteiger partial charge in [0.2, 0.25) is 0 Å². The number of nitrogens with one attached hydrogen (secondary N) is 1. The van der Waals surface area contributed by atoms with Gasteiger partial charge in [0.15, 0.2) is 0 Å². The van der Waals surface area contributed by atoms with Crippen molar-refractivity contribution in [3.8, 4) is 5.75 Å². The Balaban J connectivity index is 2.04. The summed E-state index contributed by atoms with van der Waals surface area (Å²) >= 11 is 8.22. The van der Waals surface area contributed by atoms with Gasteiger partial charge in [-0.15, -0.1) is 11.3 Å². The van der Waals surface area contributed by atoms with Gasteiger partial charge in [-0.3, -0.25) is 0 Å². The van der Waals surface area contributed by atoms with Crippen LogP contribution in [0.2, 0.25) is 5.02 Å². The number of hydrogen-bond acceptors (Lipinski definition) is 4. The van der Waals surface area contributed by atoms with E-state index in [2.05, 4.69) is 5.32 Å². The zero-order valence-corrected chi connectivity index (χ0v) is 13.9. The number of benzene rings is 1. The molecular weight excluding hydrogens is 304 g/mol. The van der Waals surface area contributed by atoms with Crippen LogP contribution in [0.3, 0.4) is 0 Å². The van der Waals surface area contributed by atoms with Crippen LogP contribution in [0.5, 0.6) is 5.75 Å². The number of aryl methyl sites for hydroxylation is 2. The molecule has 0 saturated carbocycles. The molecule has 1 aliphatic carbocycles. The second-order valence-corrected chi connectivity index (χ2v) is 6.73. The van der Waals surface area contributed by atoms with Crippen molar-refractivity contribution >= 4 is 22.9 Å². The summed E-state index contributed by atoms with van der Waals surface area (Å²) in [7, 11) is 3.61. The van der Waals surface area contributed by atoms with Crippen LogP contribution in [0.15, 0.2) is 18.2 Å². The fourth-order valence-electron chi connectivity index (χ4n) is 2.86. The van der Waals surface area contributed by atoms with Crippen molar-refractivity contribution < 1.29 is 4.74 Å². The molecule has 1 unspecified atom stereocenters. The molecule has 0 fully saturated rings. The van der Waals surface area contributed by atoms with E-state index in [9.17, 15) is 0 Å². The van der Waals surface area contributed by atoms with Gasteiger partial charge in [0.1, 0.15) is 10.8 Å². The van der Waals surface area contributed by atoms with Gasteiger partial charge in [-0.1, -0.05) is 17.7 Å². The average Bonchev–Trinajstić information content (AvgIpc) is 2.93. The molecule has 3 nitrogen and oxygen atoms in total. The SMILES string of the molecule is CNC(c1nc2c(s1)CCCC2)c1c(Cl)cccc1OC. The highest BCUT2D eigenvalue weighted by Gasteiger charge is 2.25. The maximum absolute atomic E-state index is 6.42. The van der Waals surface area contributed by atoms with E-state index >= 15 is 0 Å². The first-order valence-electron chi connectivity index (χ1n) is 7.22. The van der Waals surface area contributed by atoms with E-state index in [0.29, 0.717) is 5.02 Å². The number of ether oxygens (including phenoxy) is 1. The summed E-state index contributed by atoms with van der Waals surface area (Å²) in [6, 6.07) is 5.73. The molecule has 1 atom stereocenters. The molecule has 0 bridgehead atoms. The quantitative estimate of drug-likeness (QED) is 0.924. The molecule has 2 aromatic rings. The van der Waals surface area contributed by atoms with Crippen LogP contribution in [-0.2, 0) is 12.8 Å². The fourth-order valence-corrected chi connectivity index (χ4v) is 4.41. The first-order valence-corrected chi connectivity index (χ1v) is 8.42. The minimum atomic E-state index is -0.0238. The van der Waals surface area contributed by atoms with Crippen LogP contribution in [0.4, 0.5) is 0 Å². The highest BCUT2D eigenvalue weighted by Crippen LogP contribution is 2.38. The normalized spacial score (nSPS) is 15.6. The lowest BCUT2D eigenvalue weighted by Crippen LogP contribution is -2.19. The molecule has 112 valence electrons. The monoisotopic (exact) mass is 322 g/mol. The fraction of sp³-hybridized carbons (Fsp3) is 0.438. The van der Waals surface area contributed by atoms with Crippen molar-refractivity contribution in [2.45, 2.75) is 31.7 Å². The number of fused-ring (bicyclic) bond motifs is 1. The third kappa shape index (κ3) is 2.80. The van der Waals surface area contributed by atoms with Crippen molar-refractivity contribution in [2.75, 3.05) is 14.2 Å². The standard InChI is InChI=1S/C16H19ClN2OS/c1-18-15(14-10(17)6-5-8-12(14)20-2)16-19-11-7-3-4-9-13(11)21-16/h5-6,8,15,18H,3-4,7,9H2,1-2H3. The highest BCUT2D eigenvalue weighted by molar-refractivity contribution is 7.11. The topological polar surface area (TPSA) is 34.2 Å². The summed E-state index contributed by atoms with van der Waals surface area (Å²) in [5, 5.41) is 5.13. The molecule has 1 N–H and O–H groups in total. The van der Waals surface area contributed by atoms with E-state index in [1.165, 1.54) is 23.4 Å². The van der Waals surface area contributed by atoms with Crippen molar-refractivity contribution in [1.29, 1.82) is 0 Å². The Kier molecular flexibility index (Phi) is 4.48. The van der Waals surface area contributed by atoms with Gasteiger partial charge in [-0.2, -0.15) is 0 Å². The molecule has 1 aromatic heterocycles. The minimum absolute atomic E-state index is 0.0238. The second-order valence-electron chi connectivity index (χ2n) is 5.21. The lowest BCUT2D eigenvalue weighted by molar-refractivity contribution is 0.405. The van der Waals surface area contributed by atoms with Gasteiger partial charge in [-0.05, 0) is 44.9 Å². The summed E-state index contributed by atoms with van der Waals surface area (Å²) in [5.41, 5.74) is 2.24. The van der Waals surface area contributed by atoms with Gasteiger partial charge in [-0.25, -0.2) is 4.98 Å². The van der Waals surface area contributed by atoms with Gasteiger partial charge in [0, 0.05) is 15.5 Å². The van der Waals surface area contributed by atoms with Crippen LogP contribution >= 0.6 is 22.9 Å². The van der Waals surface area contributed by atoms with Gasteiger partial charge < -0.3 is 10.1 Å². The number of methoxy groups -OCH3 is 1. The minimum Gasteiger partial charge on any atom is -0.496 e. The van der Waals surface area contributed by atoms with Crippen molar-refractivity contribution in [3.63, 3.8) is 0 Å². The van der Waals surface area contributed by atoms with Gasteiger partial charge in [0.05, 0.1) is 18.8 Å². The first kappa shape index (κ1) is 14.8. The smallest absolute Gasteiger partial charge is 0.125 e. The molecule has 1 aliphatic rings. The van der Waals surface area contributed by atoms with E-state index < -0.39 is 0 Å². The maximum atomic E-state index is 6.42. The average molecular weight is 323 g/mol. The first-order chi connectivity index (χ1) is 10.2. The summed E-state index contributed by atoms with van der Waals surface area (Å²) in [6.45, 7) is 0. The lowest BCUT2D eigenvalue weighted by atomic mass is 10.0. The van der Waals surface area contributed by atoms with Crippen LogP contribution in [-0.4, -0.2) is 19.1 Å². The number of rotatable bonds is 4. The molecular formula is C16H19ClN2OS. The molecule has 3 rings (SSSR count). The Morgan fingerprint density at radius 3 is 2.86 bits per heavy atom. The number of aromatic nitrogens is 1. The number of halogens is 1. The Morgan fingerprint density at radius 2 is 2.14 bits per heavy atom. The predicted molar refractivity (Wildman–Crippen MR) is 87.7 cm³/mol. The van der Waals surface area contributed by atoms with Crippen molar-refractivity contribution in [2.24, 2.45) is 0 Å². The molecule has 0 saturated heterocycles. The van der Waals surface area contributed by atoms with Crippen LogP contribution in [0.25, 0.3) is 0 Å². The summed E-state index contributed by atoms with van der Waals surface area (Å²) in [6.07, 6.45) is 4.77. The molecule has 1 heterocycles. The van der Waals surface area contributed by atoms with E-state index in [0.717, 1.165) is 29.2 Å². The Morgan fingerprint density at radius 1 is 1.33 bits per heavy atom.